The second-order valence-electron chi connectivity index (χ2n) is 12.8. The van der Waals surface area contributed by atoms with Crippen LogP contribution in [0.15, 0.2) is 90.5 Å². The summed E-state index contributed by atoms with van der Waals surface area (Å²) in [7, 11) is 0. The van der Waals surface area contributed by atoms with Gasteiger partial charge in [0, 0.05) is 16.7 Å². The molecule has 2 N–H and O–H groups in total. The lowest BCUT2D eigenvalue weighted by Gasteiger charge is -2.25. The van der Waals surface area contributed by atoms with Crippen LogP contribution in [0.3, 0.4) is 0 Å². The molecule has 14 heteroatoms. The fourth-order valence-corrected chi connectivity index (χ4v) is 4.91. The monoisotopic (exact) mass is 757 g/mol. The van der Waals surface area contributed by atoms with Crippen molar-refractivity contribution >= 4 is 41.7 Å². The van der Waals surface area contributed by atoms with Gasteiger partial charge in [-0.3, -0.25) is 24.0 Å². The zero-order valence-electron chi connectivity index (χ0n) is 30.3. The third-order valence-electron chi connectivity index (χ3n) is 7.78. The Bertz CT molecular complexity index is 2150. The topological polar surface area (TPSA) is 159 Å². The highest BCUT2D eigenvalue weighted by molar-refractivity contribution is 6.08. The molecule has 0 heterocycles. The van der Waals surface area contributed by atoms with Gasteiger partial charge in [-0.25, -0.2) is 22.4 Å². The maximum absolute atomic E-state index is 13.8. The number of hydrogen-bond donors (Lipinski definition) is 2. The molecule has 55 heavy (non-hydrogen) atoms. The molecular weight excluding hydrogens is 722 g/mol. The molecule has 0 unspecified atom stereocenters. The Kier molecular flexibility index (Phi) is 14.2. The van der Waals surface area contributed by atoms with Crippen molar-refractivity contribution in [1.29, 1.82) is 5.26 Å². The van der Waals surface area contributed by atoms with E-state index in [1.54, 1.807) is 13.0 Å². The van der Waals surface area contributed by atoms with Gasteiger partial charge in [0.1, 0.15) is 52.3 Å². The quantitative estimate of drug-likeness (QED) is 0.0391. The normalized spacial score (nSPS) is 11.2. The average Bonchev–Trinajstić information content (AvgIpc) is 3.13. The second-order valence-corrected chi connectivity index (χ2v) is 12.8. The van der Waals surface area contributed by atoms with Gasteiger partial charge in [0.05, 0.1) is 17.7 Å². The van der Waals surface area contributed by atoms with Crippen molar-refractivity contribution in [3.05, 3.63) is 147 Å². The van der Waals surface area contributed by atoms with E-state index in [9.17, 15) is 46.3 Å². The van der Waals surface area contributed by atoms with Crippen molar-refractivity contribution in [2.75, 3.05) is 6.61 Å². The number of rotatable bonds is 12. The molecule has 4 aromatic rings. The van der Waals surface area contributed by atoms with E-state index in [2.05, 4.69) is 10.6 Å². The zero-order valence-corrected chi connectivity index (χ0v) is 30.3. The van der Waals surface area contributed by atoms with E-state index >= 15 is 0 Å². The van der Waals surface area contributed by atoms with E-state index in [1.165, 1.54) is 82.3 Å². The minimum absolute atomic E-state index is 0.128. The number of carbonyl (C=O) groups is 6. The Morgan fingerprint density at radius 1 is 0.655 bits per heavy atom. The predicted molar refractivity (Wildman–Crippen MR) is 193 cm³/mol. The van der Waals surface area contributed by atoms with Gasteiger partial charge in [0.15, 0.2) is 11.6 Å². The lowest BCUT2D eigenvalue weighted by atomic mass is 9.92. The standard InChI is InChI=1S/C23H20F2N2O4.C18H15F2NO3/c1-4-31-22(30)16(13-26)12-14-8-10-15(11-9-14)20(28)23(2,3)27-21(29)19-17(24)6-5-7-18(19)25;1-18(2,16(23)12-8-6-11(10-22)7-9-12)21-17(24)15-13(19)4-3-5-14(15)20/h5-12H,4H2,1-3H3,(H,27,29);3-10H,1-2H3,(H,21,24). The number of nitrogens with one attached hydrogen (secondary N) is 2. The molecule has 0 fully saturated rings. The summed E-state index contributed by atoms with van der Waals surface area (Å²) in [5.74, 6) is -7.87. The number of carbonyl (C=O) groups excluding carboxylic acids is 6. The van der Waals surface area contributed by atoms with E-state index in [-0.39, 0.29) is 23.3 Å². The summed E-state index contributed by atoms with van der Waals surface area (Å²) < 4.78 is 59.8. The predicted octanol–water partition coefficient (Wildman–Crippen LogP) is 6.99. The highest BCUT2D eigenvalue weighted by Gasteiger charge is 2.33. The van der Waals surface area contributed by atoms with Crippen LogP contribution in [0.4, 0.5) is 17.6 Å². The van der Waals surface area contributed by atoms with Crippen molar-refractivity contribution in [1.82, 2.24) is 10.6 Å². The molecule has 4 rings (SSSR count). The molecule has 284 valence electrons. The number of nitrogens with zero attached hydrogens (tertiary/aromatic N) is 1. The van der Waals surface area contributed by atoms with Crippen LogP contribution in [0.5, 0.6) is 0 Å². The first-order chi connectivity index (χ1) is 25.9. The minimum atomic E-state index is -1.47. The molecule has 0 aliphatic carbocycles. The molecule has 0 bridgehead atoms. The van der Waals surface area contributed by atoms with Crippen molar-refractivity contribution in [3.63, 3.8) is 0 Å². The van der Waals surface area contributed by atoms with Crippen molar-refractivity contribution in [2.24, 2.45) is 0 Å². The molecule has 0 radical (unpaired) electrons. The third-order valence-corrected chi connectivity index (χ3v) is 7.78. The highest BCUT2D eigenvalue weighted by Crippen LogP contribution is 2.20. The fraction of sp³-hybridized carbons (Fsp3) is 0.195. The van der Waals surface area contributed by atoms with E-state index < -0.39 is 74.8 Å². The number of ketones is 2. The minimum Gasteiger partial charge on any atom is -0.462 e. The molecule has 0 aliphatic heterocycles. The number of halogens is 4. The molecule has 0 aromatic heterocycles. The molecule has 0 saturated heterocycles. The summed E-state index contributed by atoms with van der Waals surface area (Å²) in [5.41, 5.74) is -3.20. The number of benzene rings is 4. The van der Waals surface area contributed by atoms with Crippen LogP contribution in [0, 0.1) is 34.6 Å². The number of aldehydes is 1. The van der Waals surface area contributed by atoms with Gasteiger partial charge in [-0.15, -0.1) is 0 Å². The van der Waals surface area contributed by atoms with Crippen molar-refractivity contribution in [2.45, 2.75) is 45.7 Å². The van der Waals surface area contributed by atoms with E-state index in [1.807, 2.05) is 0 Å². The number of amides is 2. The van der Waals surface area contributed by atoms with E-state index in [0.717, 1.165) is 36.4 Å². The first-order valence-electron chi connectivity index (χ1n) is 16.4. The van der Waals surface area contributed by atoms with Crippen molar-refractivity contribution < 1.29 is 51.1 Å². The Morgan fingerprint density at radius 2 is 1.02 bits per heavy atom. The lowest BCUT2D eigenvalue weighted by molar-refractivity contribution is -0.137. The number of nitriles is 1. The Morgan fingerprint density at radius 3 is 1.35 bits per heavy atom. The molecule has 10 nitrogen and oxygen atoms in total. The average molecular weight is 758 g/mol. The summed E-state index contributed by atoms with van der Waals surface area (Å²) in [6.45, 7) is 7.43. The second kappa shape index (κ2) is 18.3. The van der Waals surface area contributed by atoms with Gasteiger partial charge < -0.3 is 15.4 Å². The molecule has 4 aromatic carbocycles. The van der Waals surface area contributed by atoms with Crippen molar-refractivity contribution in [3.8, 4) is 6.07 Å². The summed E-state index contributed by atoms with van der Waals surface area (Å²) in [6, 6.07) is 19.6. The molecule has 2 amide bonds. The molecular formula is C41H35F4N3O7. The maximum atomic E-state index is 13.8. The van der Waals surface area contributed by atoms with Crippen LogP contribution in [-0.2, 0) is 9.53 Å². The Hall–Kier alpha value is -6.75. The number of ether oxygens (including phenoxy) is 1. The molecule has 0 atom stereocenters. The summed E-state index contributed by atoms with van der Waals surface area (Å²) >= 11 is 0. The largest absolute Gasteiger partial charge is 0.462 e. The third kappa shape index (κ3) is 10.9. The molecule has 0 aliphatic rings. The number of Topliss-reactive ketones (excluding diaryl/α,β-unsaturated/α-hetero) is 2. The van der Waals surface area contributed by atoms with Crippen LogP contribution >= 0.6 is 0 Å². The van der Waals surface area contributed by atoms with Crippen LogP contribution in [0.2, 0.25) is 0 Å². The SMILES string of the molecule is CC(C)(NC(=O)c1c(F)cccc1F)C(=O)c1ccc(C=O)cc1.CCOC(=O)C(C#N)=Cc1ccc(C(=O)C(C)(C)NC(=O)c2c(F)cccc2F)cc1. The van der Waals surface area contributed by atoms with Crippen LogP contribution in [-0.4, -0.2) is 53.3 Å². The summed E-state index contributed by atoms with van der Waals surface area (Å²) in [6.07, 6.45) is 1.96. The molecule has 0 saturated carbocycles. The maximum Gasteiger partial charge on any atom is 0.348 e. The van der Waals surface area contributed by atoms with Crippen LogP contribution < -0.4 is 10.6 Å². The van der Waals surface area contributed by atoms with Gasteiger partial charge in [0.25, 0.3) is 11.8 Å². The zero-order chi connectivity index (χ0) is 41.1. The van der Waals surface area contributed by atoms with Crippen LogP contribution in [0.25, 0.3) is 6.08 Å². The highest BCUT2D eigenvalue weighted by atomic mass is 19.1. The van der Waals surface area contributed by atoms with Gasteiger partial charge in [-0.05, 0) is 70.5 Å². The lowest BCUT2D eigenvalue weighted by Crippen LogP contribution is -2.50. The first kappa shape index (κ1) is 42.7. The van der Waals surface area contributed by atoms with E-state index in [0.29, 0.717) is 17.4 Å². The smallest absolute Gasteiger partial charge is 0.348 e. The van der Waals surface area contributed by atoms with Gasteiger partial charge >= 0.3 is 5.97 Å². The fourth-order valence-electron chi connectivity index (χ4n) is 4.91. The summed E-state index contributed by atoms with van der Waals surface area (Å²) in [4.78, 5) is 72.2. The van der Waals surface area contributed by atoms with Gasteiger partial charge in [0.2, 0.25) is 0 Å². The van der Waals surface area contributed by atoms with E-state index in [4.69, 9.17) is 10.00 Å². The Balaban J connectivity index is 0.000000305. The Labute approximate surface area is 313 Å². The number of hydrogen-bond acceptors (Lipinski definition) is 8. The molecule has 0 spiro atoms. The first-order valence-corrected chi connectivity index (χ1v) is 16.4. The van der Waals surface area contributed by atoms with Gasteiger partial charge in [-0.1, -0.05) is 60.7 Å². The van der Waals surface area contributed by atoms with Crippen LogP contribution in [0.1, 0.15) is 92.0 Å². The summed E-state index contributed by atoms with van der Waals surface area (Å²) in [5, 5.41) is 13.8. The number of esters is 1. The van der Waals surface area contributed by atoms with Gasteiger partial charge in [-0.2, -0.15) is 5.26 Å².